The van der Waals surface area contributed by atoms with Crippen molar-refractivity contribution in [2.75, 3.05) is 0 Å². The minimum absolute atomic E-state index is 0.0446. The number of aromatic nitrogens is 1. The van der Waals surface area contributed by atoms with Gasteiger partial charge in [0.2, 0.25) is 11.9 Å². The Hall–Kier alpha value is -2.55. The molecule has 0 saturated carbocycles. The Kier molecular flexibility index (Phi) is 5.14. The largest absolute Gasteiger partial charge is 0.419 e. The number of aliphatic hydroxyl groups excluding tert-OH is 1. The van der Waals surface area contributed by atoms with Crippen molar-refractivity contribution in [3.8, 4) is 0 Å². The Balaban J connectivity index is 1.81. The minimum Gasteiger partial charge on any atom is -0.387 e. The average Bonchev–Trinajstić information content (AvgIpc) is 2.59. The molecule has 1 aliphatic carbocycles. The number of amides is 1. The normalized spacial score (nSPS) is 19.5. The number of carbonyl (C=O) groups excluding carboxylic acids is 1. The number of benzene rings is 1. The molecule has 1 aromatic carbocycles. The van der Waals surface area contributed by atoms with E-state index in [4.69, 9.17) is 0 Å². The lowest BCUT2D eigenvalue weighted by molar-refractivity contribution is -0.141. The standard InChI is InChI=1S/C18H15F5N2O2/c19-12-3-1-2-9(15(12)18(21,22)23)8-24-17(27)11-4-6-13(26)16-10(11)5-7-14(20)25-16/h1-3,5,7,11,13,26H,4,6,8H2,(H,24,27)/t11-,13-/m0/s1. The number of aliphatic hydroxyl groups is 1. The fourth-order valence-electron chi connectivity index (χ4n) is 3.25. The summed E-state index contributed by atoms with van der Waals surface area (Å²) >= 11 is 0. The number of rotatable bonds is 3. The number of halogens is 5. The van der Waals surface area contributed by atoms with Crippen molar-refractivity contribution in [2.24, 2.45) is 0 Å². The van der Waals surface area contributed by atoms with Crippen LogP contribution >= 0.6 is 0 Å². The van der Waals surface area contributed by atoms with Gasteiger partial charge in [-0.2, -0.15) is 17.6 Å². The predicted molar refractivity (Wildman–Crippen MR) is 84.4 cm³/mol. The molecule has 3 rings (SSSR count). The molecule has 144 valence electrons. The summed E-state index contributed by atoms with van der Waals surface area (Å²) in [4.78, 5) is 16.1. The first-order valence-corrected chi connectivity index (χ1v) is 8.15. The fraction of sp³-hybridized carbons (Fsp3) is 0.333. The number of fused-ring (bicyclic) bond motifs is 1. The Morgan fingerprint density at radius 3 is 2.63 bits per heavy atom. The van der Waals surface area contributed by atoms with E-state index in [1.807, 2.05) is 0 Å². The molecule has 0 saturated heterocycles. The summed E-state index contributed by atoms with van der Waals surface area (Å²) in [6.45, 7) is -0.519. The number of pyridine rings is 1. The molecule has 0 fully saturated rings. The van der Waals surface area contributed by atoms with Gasteiger partial charge in [-0.25, -0.2) is 9.37 Å². The van der Waals surface area contributed by atoms with Crippen molar-refractivity contribution < 1.29 is 31.9 Å². The molecule has 1 aliphatic rings. The van der Waals surface area contributed by atoms with Crippen molar-refractivity contribution in [3.05, 3.63) is 64.5 Å². The average molecular weight is 386 g/mol. The van der Waals surface area contributed by atoms with Crippen LogP contribution in [0.15, 0.2) is 30.3 Å². The Morgan fingerprint density at radius 1 is 1.19 bits per heavy atom. The summed E-state index contributed by atoms with van der Waals surface area (Å²) in [7, 11) is 0. The molecule has 0 bridgehead atoms. The highest BCUT2D eigenvalue weighted by atomic mass is 19.4. The SMILES string of the molecule is O=C(NCc1cccc(F)c1C(F)(F)F)[C@H]1CC[C@H](O)c2nc(F)ccc21. The Morgan fingerprint density at radius 2 is 1.93 bits per heavy atom. The summed E-state index contributed by atoms with van der Waals surface area (Å²) in [5, 5.41) is 12.3. The van der Waals surface area contributed by atoms with Gasteiger partial charge in [-0.3, -0.25) is 4.79 Å². The smallest absolute Gasteiger partial charge is 0.387 e. The first kappa shape index (κ1) is 19.2. The van der Waals surface area contributed by atoms with Gasteiger partial charge in [0.25, 0.3) is 0 Å². The topological polar surface area (TPSA) is 62.2 Å². The Bertz CT molecular complexity index is 869. The molecule has 2 aromatic rings. The van der Waals surface area contributed by atoms with Crippen molar-refractivity contribution >= 4 is 5.91 Å². The highest BCUT2D eigenvalue weighted by Crippen LogP contribution is 2.37. The van der Waals surface area contributed by atoms with E-state index < -0.39 is 53.5 Å². The van der Waals surface area contributed by atoms with Crippen LogP contribution in [-0.2, 0) is 17.5 Å². The van der Waals surface area contributed by atoms with E-state index in [-0.39, 0.29) is 18.5 Å². The molecule has 1 amide bonds. The van der Waals surface area contributed by atoms with E-state index in [0.29, 0.717) is 11.6 Å². The van der Waals surface area contributed by atoms with Crippen LogP contribution in [0.3, 0.4) is 0 Å². The molecular weight excluding hydrogens is 371 g/mol. The fourth-order valence-corrected chi connectivity index (χ4v) is 3.25. The molecule has 1 aromatic heterocycles. The third-order valence-corrected chi connectivity index (χ3v) is 4.50. The van der Waals surface area contributed by atoms with Crippen molar-refractivity contribution in [1.82, 2.24) is 10.3 Å². The van der Waals surface area contributed by atoms with Crippen LogP contribution in [-0.4, -0.2) is 16.0 Å². The number of carbonyl (C=O) groups is 1. The van der Waals surface area contributed by atoms with Gasteiger partial charge in [0.05, 0.1) is 23.3 Å². The van der Waals surface area contributed by atoms with Gasteiger partial charge in [0.1, 0.15) is 5.82 Å². The van der Waals surface area contributed by atoms with Crippen molar-refractivity contribution in [1.29, 1.82) is 0 Å². The van der Waals surface area contributed by atoms with E-state index in [1.165, 1.54) is 6.07 Å². The predicted octanol–water partition coefficient (Wildman–Crippen LogP) is 3.61. The van der Waals surface area contributed by atoms with Gasteiger partial charge in [-0.1, -0.05) is 18.2 Å². The van der Waals surface area contributed by atoms with E-state index in [9.17, 15) is 31.9 Å². The summed E-state index contributed by atoms with van der Waals surface area (Å²) in [5.74, 6) is -3.61. The molecule has 27 heavy (non-hydrogen) atoms. The number of hydrogen-bond donors (Lipinski definition) is 2. The third-order valence-electron chi connectivity index (χ3n) is 4.50. The maximum absolute atomic E-state index is 13.6. The maximum Gasteiger partial charge on any atom is 0.419 e. The van der Waals surface area contributed by atoms with Crippen LogP contribution in [0, 0.1) is 11.8 Å². The molecular formula is C18H15F5N2O2. The van der Waals surface area contributed by atoms with Crippen LogP contribution in [0.2, 0.25) is 0 Å². The summed E-state index contributed by atoms with van der Waals surface area (Å²) < 4.78 is 66.0. The number of nitrogens with one attached hydrogen (secondary N) is 1. The monoisotopic (exact) mass is 386 g/mol. The highest BCUT2D eigenvalue weighted by Gasteiger charge is 2.37. The van der Waals surface area contributed by atoms with Crippen LogP contribution in [0.5, 0.6) is 0 Å². The zero-order valence-corrected chi connectivity index (χ0v) is 13.9. The van der Waals surface area contributed by atoms with Crippen LogP contribution in [0.1, 0.15) is 47.2 Å². The number of nitrogens with zero attached hydrogens (tertiary/aromatic N) is 1. The lowest BCUT2D eigenvalue weighted by Gasteiger charge is -2.27. The van der Waals surface area contributed by atoms with Gasteiger partial charge in [0.15, 0.2) is 0 Å². The molecule has 2 atom stereocenters. The second kappa shape index (κ2) is 7.22. The molecule has 2 N–H and O–H groups in total. The van der Waals surface area contributed by atoms with Gasteiger partial charge in [-0.15, -0.1) is 0 Å². The van der Waals surface area contributed by atoms with E-state index in [2.05, 4.69) is 10.3 Å². The summed E-state index contributed by atoms with van der Waals surface area (Å²) in [6, 6.07) is 5.29. The van der Waals surface area contributed by atoms with E-state index in [1.54, 1.807) is 0 Å². The number of hydrogen-bond acceptors (Lipinski definition) is 3. The van der Waals surface area contributed by atoms with E-state index >= 15 is 0 Å². The third kappa shape index (κ3) is 3.92. The second-order valence-electron chi connectivity index (χ2n) is 6.24. The molecule has 0 radical (unpaired) electrons. The zero-order chi connectivity index (χ0) is 19.8. The lowest BCUT2D eigenvalue weighted by atomic mass is 9.83. The molecule has 9 heteroatoms. The Labute approximate surface area is 151 Å². The summed E-state index contributed by atoms with van der Waals surface area (Å²) in [6.07, 6.45) is -5.52. The van der Waals surface area contributed by atoms with Gasteiger partial charge in [-0.05, 0) is 36.1 Å². The minimum atomic E-state index is -4.89. The quantitative estimate of drug-likeness (QED) is 0.626. The number of alkyl halides is 3. The van der Waals surface area contributed by atoms with Gasteiger partial charge in [0, 0.05) is 6.54 Å². The van der Waals surface area contributed by atoms with Crippen molar-refractivity contribution in [3.63, 3.8) is 0 Å². The molecule has 4 nitrogen and oxygen atoms in total. The van der Waals surface area contributed by atoms with Gasteiger partial charge >= 0.3 is 6.18 Å². The molecule has 1 heterocycles. The first-order valence-electron chi connectivity index (χ1n) is 8.15. The highest BCUT2D eigenvalue weighted by molar-refractivity contribution is 5.84. The maximum atomic E-state index is 13.6. The van der Waals surface area contributed by atoms with Crippen LogP contribution < -0.4 is 5.32 Å². The summed E-state index contributed by atoms with van der Waals surface area (Å²) in [5.41, 5.74) is -1.45. The lowest BCUT2D eigenvalue weighted by Crippen LogP contribution is -2.33. The molecule has 0 unspecified atom stereocenters. The van der Waals surface area contributed by atoms with Crippen LogP contribution in [0.4, 0.5) is 22.0 Å². The second-order valence-corrected chi connectivity index (χ2v) is 6.24. The van der Waals surface area contributed by atoms with Crippen molar-refractivity contribution in [2.45, 2.75) is 37.6 Å². The molecule has 0 spiro atoms. The van der Waals surface area contributed by atoms with E-state index in [0.717, 1.165) is 18.2 Å². The first-order chi connectivity index (χ1) is 12.7. The molecule has 0 aliphatic heterocycles. The van der Waals surface area contributed by atoms with Gasteiger partial charge < -0.3 is 10.4 Å². The zero-order valence-electron chi connectivity index (χ0n) is 13.9. The van der Waals surface area contributed by atoms with Crippen LogP contribution in [0.25, 0.3) is 0 Å².